The van der Waals surface area contributed by atoms with Crippen molar-refractivity contribution in [2.24, 2.45) is 5.73 Å². The van der Waals surface area contributed by atoms with E-state index in [1.54, 1.807) is 19.2 Å². The molecule has 1 heterocycles. The van der Waals surface area contributed by atoms with Gasteiger partial charge in [0.25, 0.3) is 5.91 Å². The van der Waals surface area contributed by atoms with Crippen LogP contribution in [0.4, 0.5) is 0 Å². The summed E-state index contributed by atoms with van der Waals surface area (Å²) in [4.78, 5) is 18.6. The van der Waals surface area contributed by atoms with E-state index in [0.29, 0.717) is 29.3 Å². The largest absolute Gasteiger partial charge is 0.496 e. The Balaban J connectivity index is 2.31. The average Bonchev–Trinajstić information content (AvgIpc) is 3.02. The number of carbonyl (C=O) groups excluding carboxylic acids is 1. The zero-order chi connectivity index (χ0) is 18.6. The summed E-state index contributed by atoms with van der Waals surface area (Å²) in [5, 5.41) is 8.14. The Kier molecular flexibility index (Phi) is 5.87. The molecule has 0 aliphatic carbocycles. The van der Waals surface area contributed by atoms with Crippen LogP contribution in [0.15, 0.2) is 18.2 Å². The lowest BCUT2D eigenvalue weighted by molar-refractivity contribution is 0.0864. The zero-order valence-electron chi connectivity index (χ0n) is 15.0. The number of nitrogens with zero attached hydrogens (tertiary/aromatic N) is 2. The van der Waals surface area contributed by atoms with Gasteiger partial charge in [-0.15, -0.1) is 0 Å². The number of aromatic nitrogens is 1. The molecule has 1 aromatic heterocycles. The number of fused-ring (bicyclic) bond motifs is 1. The first-order valence-electron chi connectivity index (χ1n) is 7.94. The third kappa shape index (κ3) is 4.21. The number of ether oxygens (including phenoxy) is 2. The SMILES string of the molecule is COc1ccc(OCCCN(C)C)c2[nH]c(C(=O)N(C)C(=N)N)cc12. The van der Waals surface area contributed by atoms with Gasteiger partial charge in [-0.2, -0.15) is 0 Å². The van der Waals surface area contributed by atoms with Crippen LogP contribution in [0.1, 0.15) is 16.9 Å². The quantitative estimate of drug-likeness (QED) is 0.399. The molecule has 4 N–H and O–H groups in total. The van der Waals surface area contributed by atoms with Gasteiger partial charge in [0.05, 0.1) is 19.2 Å². The van der Waals surface area contributed by atoms with E-state index >= 15 is 0 Å². The highest BCUT2D eigenvalue weighted by Crippen LogP contribution is 2.33. The maximum atomic E-state index is 12.4. The molecule has 0 fully saturated rings. The Hall–Kier alpha value is -2.74. The van der Waals surface area contributed by atoms with Crippen molar-refractivity contribution in [3.05, 3.63) is 23.9 Å². The van der Waals surface area contributed by atoms with Gasteiger partial charge < -0.3 is 25.1 Å². The molecule has 1 amide bonds. The molecule has 0 atom stereocenters. The molecule has 0 unspecified atom stereocenters. The van der Waals surface area contributed by atoms with Crippen LogP contribution in [0.5, 0.6) is 11.5 Å². The highest BCUT2D eigenvalue weighted by molar-refractivity contribution is 6.07. The van der Waals surface area contributed by atoms with Gasteiger partial charge in [0.2, 0.25) is 0 Å². The molecule has 1 aromatic carbocycles. The number of hydrogen-bond acceptors (Lipinski definition) is 5. The van der Waals surface area contributed by atoms with Crippen LogP contribution in [0, 0.1) is 5.41 Å². The summed E-state index contributed by atoms with van der Waals surface area (Å²) >= 11 is 0. The van der Waals surface area contributed by atoms with Gasteiger partial charge in [-0.25, -0.2) is 0 Å². The Bertz CT molecular complexity index is 769. The number of rotatable bonds is 7. The summed E-state index contributed by atoms with van der Waals surface area (Å²) in [5.74, 6) is 0.565. The van der Waals surface area contributed by atoms with Gasteiger partial charge in [0.1, 0.15) is 17.2 Å². The molecule has 2 aromatic rings. The minimum Gasteiger partial charge on any atom is -0.496 e. The molecule has 0 spiro atoms. The molecule has 0 radical (unpaired) electrons. The fraction of sp³-hybridized carbons (Fsp3) is 0.412. The second-order valence-electron chi connectivity index (χ2n) is 5.99. The first-order valence-corrected chi connectivity index (χ1v) is 7.94. The van der Waals surface area contributed by atoms with E-state index in [1.807, 2.05) is 20.2 Å². The van der Waals surface area contributed by atoms with Gasteiger partial charge in [-0.05, 0) is 38.7 Å². The third-order valence-corrected chi connectivity index (χ3v) is 3.84. The summed E-state index contributed by atoms with van der Waals surface area (Å²) in [6, 6.07) is 5.30. The minimum atomic E-state index is -0.399. The lowest BCUT2D eigenvalue weighted by atomic mass is 10.2. The van der Waals surface area contributed by atoms with Crippen molar-refractivity contribution < 1.29 is 14.3 Å². The normalized spacial score (nSPS) is 10.9. The van der Waals surface area contributed by atoms with Crippen molar-refractivity contribution >= 4 is 22.8 Å². The van der Waals surface area contributed by atoms with Crippen molar-refractivity contribution in [2.45, 2.75) is 6.42 Å². The Morgan fingerprint density at radius 2 is 1.96 bits per heavy atom. The van der Waals surface area contributed by atoms with Crippen molar-refractivity contribution in [1.82, 2.24) is 14.8 Å². The van der Waals surface area contributed by atoms with Crippen molar-refractivity contribution in [3.63, 3.8) is 0 Å². The number of carbonyl (C=O) groups is 1. The Morgan fingerprint density at radius 1 is 1.28 bits per heavy atom. The Labute approximate surface area is 147 Å². The van der Waals surface area contributed by atoms with Gasteiger partial charge in [-0.1, -0.05) is 0 Å². The lowest BCUT2D eigenvalue weighted by Gasteiger charge is -2.13. The van der Waals surface area contributed by atoms with Crippen molar-refractivity contribution in [3.8, 4) is 11.5 Å². The van der Waals surface area contributed by atoms with Crippen LogP contribution in [0.3, 0.4) is 0 Å². The monoisotopic (exact) mass is 347 g/mol. The minimum absolute atomic E-state index is 0.315. The molecular weight excluding hydrogens is 322 g/mol. The summed E-state index contributed by atoms with van der Waals surface area (Å²) in [6.45, 7) is 1.49. The molecule has 2 rings (SSSR count). The maximum absolute atomic E-state index is 12.4. The molecule has 8 heteroatoms. The zero-order valence-corrected chi connectivity index (χ0v) is 15.0. The number of nitrogens with one attached hydrogen (secondary N) is 2. The number of methoxy groups -OCH3 is 1. The number of nitrogens with two attached hydrogens (primary N) is 1. The average molecular weight is 347 g/mol. The molecule has 136 valence electrons. The fourth-order valence-corrected chi connectivity index (χ4v) is 2.43. The van der Waals surface area contributed by atoms with Crippen LogP contribution < -0.4 is 15.2 Å². The van der Waals surface area contributed by atoms with Gasteiger partial charge in [-0.3, -0.25) is 15.1 Å². The van der Waals surface area contributed by atoms with E-state index in [9.17, 15) is 4.79 Å². The number of amides is 1. The standard InChI is InChI=1S/C17H25N5O3/c1-21(2)8-5-9-25-14-7-6-13(24-4)11-10-12(20-15(11)14)16(23)22(3)17(18)19/h6-7,10,20H,5,8-9H2,1-4H3,(H3,18,19). The molecular formula is C17H25N5O3. The summed E-state index contributed by atoms with van der Waals surface area (Å²) < 4.78 is 11.2. The van der Waals surface area contributed by atoms with E-state index in [-0.39, 0.29) is 5.96 Å². The predicted molar refractivity (Wildman–Crippen MR) is 97.5 cm³/mol. The number of hydrogen-bond donors (Lipinski definition) is 3. The van der Waals surface area contributed by atoms with Gasteiger partial charge in [0, 0.05) is 19.0 Å². The van der Waals surface area contributed by atoms with Crippen LogP contribution in [0.2, 0.25) is 0 Å². The molecule has 0 saturated carbocycles. The molecule has 0 aliphatic heterocycles. The Morgan fingerprint density at radius 3 is 2.56 bits per heavy atom. The highest BCUT2D eigenvalue weighted by Gasteiger charge is 2.19. The van der Waals surface area contributed by atoms with Crippen molar-refractivity contribution in [1.29, 1.82) is 5.41 Å². The smallest absolute Gasteiger partial charge is 0.276 e. The number of benzene rings is 1. The van der Waals surface area contributed by atoms with E-state index in [4.69, 9.17) is 20.6 Å². The van der Waals surface area contributed by atoms with Gasteiger partial charge in [0.15, 0.2) is 5.96 Å². The predicted octanol–water partition coefficient (Wildman–Crippen LogP) is 1.47. The maximum Gasteiger partial charge on any atom is 0.276 e. The summed E-state index contributed by atoms with van der Waals surface area (Å²) in [7, 11) is 7.05. The van der Waals surface area contributed by atoms with Crippen LogP contribution >= 0.6 is 0 Å². The molecule has 25 heavy (non-hydrogen) atoms. The lowest BCUT2D eigenvalue weighted by Crippen LogP contribution is -2.38. The molecule has 0 bridgehead atoms. The topological polar surface area (TPSA) is 108 Å². The van der Waals surface area contributed by atoms with Gasteiger partial charge >= 0.3 is 0 Å². The van der Waals surface area contributed by atoms with Crippen LogP contribution in [0.25, 0.3) is 10.9 Å². The second kappa shape index (κ2) is 7.89. The molecule has 0 saturated heterocycles. The van der Waals surface area contributed by atoms with Crippen LogP contribution in [-0.4, -0.2) is 68.1 Å². The highest BCUT2D eigenvalue weighted by atomic mass is 16.5. The van der Waals surface area contributed by atoms with E-state index in [1.165, 1.54) is 7.05 Å². The first kappa shape index (κ1) is 18.6. The first-order chi connectivity index (χ1) is 11.8. The molecule has 8 nitrogen and oxygen atoms in total. The number of aromatic amines is 1. The van der Waals surface area contributed by atoms with E-state index in [2.05, 4.69) is 9.88 Å². The third-order valence-electron chi connectivity index (χ3n) is 3.84. The van der Waals surface area contributed by atoms with Crippen LogP contribution in [-0.2, 0) is 0 Å². The van der Waals surface area contributed by atoms with E-state index in [0.717, 1.165) is 23.3 Å². The number of guanidine groups is 1. The summed E-state index contributed by atoms with van der Waals surface area (Å²) in [6.07, 6.45) is 0.889. The second-order valence-corrected chi connectivity index (χ2v) is 5.99. The number of H-pyrrole nitrogens is 1. The summed E-state index contributed by atoms with van der Waals surface area (Å²) in [5.41, 5.74) is 6.38. The van der Waals surface area contributed by atoms with Crippen molar-refractivity contribution in [2.75, 3.05) is 41.4 Å². The van der Waals surface area contributed by atoms with E-state index < -0.39 is 5.91 Å². The fourth-order valence-electron chi connectivity index (χ4n) is 2.43. The molecule has 0 aliphatic rings.